The summed E-state index contributed by atoms with van der Waals surface area (Å²) in [6.45, 7) is 3.55. The number of rotatable bonds is 3. The SMILES string of the molecule is Cc1c(C(=O)N(C)CC(=O)N2CCCC2)oc2c1ccc1ccccc12. The first-order valence-corrected chi connectivity index (χ1v) is 9.00. The van der Waals surface area contributed by atoms with Crippen LogP contribution < -0.4 is 0 Å². The lowest BCUT2D eigenvalue weighted by atomic mass is 10.1. The zero-order chi connectivity index (χ0) is 18.3. The summed E-state index contributed by atoms with van der Waals surface area (Å²) in [6, 6.07) is 12.0. The molecule has 1 aliphatic rings. The molecule has 1 fully saturated rings. The highest BCUT2D eigenvalue weighted by Gasteiger charge is 2.25. The van der Waals surface area contributed by atoms with Crippen LogP contribution in [-0.4, -0.2) is 48.3 Å². The Kier molecular flexibility index (Phi) is 4.15. The highest BCUT2D eigenvalue weighted by Crippen LogP contribution is 2.32. The average molecular weight is 350 g/mol. The molecule has 26 heavy (non-hydrogen) atoms. The molecule has 1 aliphatic heterocycles. The first kappa shape index (κ1) is 16.6. The Balaban J connectivity index is 1.65. The number of benzene rings is 2. The maximum atomic E-state index is 12.9. The number of likely N-dealkylation sites (tertiary alicyclic amines) is 1. The minimum Gasteiger partial charge on any atom is -0.450 e. The first-order chi connectivity index (χ1) is 12.6. The van der Waals surface area contributed by atoms with E-state index in [2.05, 4.69) is 0 Å². The van der Waals surface area contributed by atoms with Crippen LogP contribution in [-0.2, 0) is 4.79 Å². The van der Waals surface area contributed by atoms with E-state index >= 15 is 0 Å². The molecule has 0 radical (unpaired) electrons. The number of carbonyl (C=O) groups excluding carboxylic acids is 2. The summed E-state index contributed by atoms with van der Waals surface area (Å²) in [5.74, 6) is 0.0565. The molecule has 0 spiro atoms. The number of likely N-dealkylation sites (N-methyl/N-ethyl adjacent to an activating group) is 1. The van der Waals surface area contributed by atoms with Gasteiger partial charge in [0, 0.05) is 36.5 Å². The predicted molar refractivity (Wildman–Crippen MR) is 101 cm³/mol. The summed E-state index contributed by atoms with van der Waals surface area (Å²) in [6.07, 6.45) is 2.08. The summed E-state index contributed by atoms with van der Waals surface area (Å²) in [5, 5.41) is 3.00. The van der Waals surface area contributed by atoms with Crippen molar-refractivity contribution in [1.82, 2.24) is 9.80 Å². The number of fused-ring (bicyclic) bond motifs is 3. The van der Waals surface area contributed by atoms with Crippen molar-refractivity contribution in [3.05, 3.63) is 47.7 Å². The van der Waals surface area contributed by atoms with E-state index in [0.29, 0.717) is 5.76 Å². The Labute approximate surface area is 152 Å². The molecule has 3 aromatic rings. The first-order valence-electron chi connectivity index (χ1n) is 9.00. The molecule has 1 aromatic heterocycles. The van der Waals surface area contributed by atoms with Crippen LogP contribution in [0.2, 0.25) is 0 Å². The third kappa shape index (κ3) is 2.73. The lowest BCUT2D eigenvalue weighted by Crippen LogP contribution is -2.39. The van der Waals surface area contributed by atoms with Gasteiger partial charge >= 0.3 is 0 Å². The fourth-order valence-electron chi connectivity index (χ4n) is 3.67. The van der Waals surface area contributed by atoms with E-state index in [1.807, 2.05) is 48.2 Å². The third-order valence-electron chi connectivity index (χ3n) is 5.20. The summed E-state index contributed by atoms with van der Waals surface area (Å²) in [4.78, 5) is 28.5. The van der Waals surface area contributed by atoms with Crippen LogP contribution >= 0.6 is 0 Å². The molecule has 4 rings (SSSR count). The van der Waals surface area contributed by atoms with Gasteiger partial charge in [-0.1, -0.05) is 36.4 Å². The van der Waals surface area contributed by atoms with Gasteiger partial charge in [0.1, 0.15) is 5.58 Å². The van der Waals surface area contributed by atoms with Crippen LogP contribution in [0.25, 0.3) is 21.7 Å². The fraction of sp³-hybridized carbons (Fsp3) is 0.333. The van der Waals surface area contributed by atoms with E-state index in [1.54, 1.807) is 7.05 Å². The molecule has 0 atom stereocenters. The fourth-order valence-corrected chi connectivity index (χ4v) is 3.67. The predicted octanol–water partition coefficient (Wildman–Crippen LogP) is 3.59. The van der Waals surface area contributed by atoms with Gasteiger partial charge in [-0.15, -0.1) is 0 Å². The molecule has 5 nitrogen and oxygen atoms in total. The molecule has 1 saturated heterocycles. The van der Waals surface area contributed by atoms with Gasteiger partial charge in [-0.3, -0.25) is 9.59 Å². The standard InChI is InChI=1S/C21H22N2O3/c1-14-16-10-9-15-7-3-4-8-17(15)20(16)26-19(14)21(25)22(2)13-18(24)23-11-5-6-12-23/h3-4,7-10H,5-6,11-13H2,1-2H3. The highest BCUT2D eigenvalue weighted by molar-refractivity contribution is 6.09. The highest BCUT2D eigenvalue weighted by atomic mass is 16.3. The van der Waals surface area contributed by atoms with Crippen LogP contribution in [0.1, 0.15) is 29.0 Å². The van der Waals surface area contributed by atoms with Crippen molar-refractivity contribution in [3.8, 4) is 0 Å². The topological polar surface area (TPSA) is 53.8 Å². The number of carbonyl (C=O) groups is 2. The maximum absolute atomic E-state index is 12.9. The molecule has 0 unspecified atom stereocenters. The summed E-state index contributed by atoms with van der Waals surface area (Å²) < 4.78 is 5.99. The Morgan fingerprint density at radius 3 is 2.58 bits per heavy atom. The largest absolute Gasteiger partial charge is 0.450 e. The van der Waals surface area contributed by atoms with Crippen molar-refractivity contribution in [3.63, 3.8) is 0 Å². The normalized spacial score (nSPS) is 14.3. The maximum Gasteiger partial charge on any atom is 0.290 e. The van der Waals surface area contributed by atoms with E-state index in [-0.39, 0.29) is 18.4 Å². The van der Waals surface area contributed by atoms with Crippen molar-refractivity contribution < 1.29 is 14.0 Å². The summed E-state index contributed by atoms with van der Waals surface area (Å²) in [7, 11) is 1.65. The third-order valence-corrected chi connectivity index (χ3v) is 5.20. The Morgan fingerprint density at radius 2 is 1.81 bits per heavy atom. The van der Waals surface area contributed by atoms with Crippen molar-refractivity contribution >= 4 is 33.6 Å². The number of amides is 2. The molecule has 0 aliphatic carbocycles. The van der Waals surface area contributed by atoms with Crippen LogP contribution in [0.4, 0.5) is 0 Å². The van der Waals surface area contributed by atoms with E-state index in [4.69, 9.17) is 4.42 Å². The van der Waals surface area contributed by atoms with E-state index in [0.717, 1.165) is 53.2 Å². The van der Waals surface area contributed by atoms with Crippen molar-refractivity contribution in [2.45, 2.75) is 19.8 Å². The lowest BCUT2D eigenvalue weighted by Gasteiger charge is -2.20. The average Bonchev–Trinajstić information content (AvgIpc) is 3.29. The van der Waals surface area contributed by atoms with Crippen molar-refractivity contribution in [1.29, 1.82) is 0 Å². The number of furan rings is 1. The molecule has 134 valence electrons. The second kappa shape index (κ2) is 6.48. The molecule has 2 amide bonds. The van der Waals surface area contributed by atoms with Crippen molar-refractivity contribution in [2.75, 3.05) is 26.7 Å². The van der Waals surface area contributed by atoms with Crippen LogP contribution in [0, 0.1) is 6.92 Å². The molecular formula is C21H22N2O3. The van der Waals surface area contributed by atoms with Crippen molar-refractivity contribution in [2.24, 2.45) is 0 Å². The molecule has 5 heteroatoms. The summed E-state index contributed by atoms with van der Waals surface area (Å²) >= 11 is 0. The van der Waals surface area contributed by atoms with Gasteiger partial charge in [-0.2, -0.15) is 0 Å². The smallest absolute Gasteiger partial charge is 0.290 e. The van der Waals surface area contributed by atoms with E-state index in [1.165, 1.54) is 4.90 Å². The second-order valence-corrected chi connectivity index (χ2v) is 6.97. The van der Waals surface area contributed by atoms with Gasteiger partial charge in [0.05, 0.1) is 6.54 Å². The Bertz CT molecular complexity index is 999. The monoisotopic (exact) mass is 350 g/mol. The molecule has 2 heterocycles. The quantitative estimate of drug-likeness (QED) is 0.725. The Morgan fingerprint density at radius 1 is 1.08 bits per heavy atom. The number of nitrogens with zero attached hydrogens (tertiary/aromatic N) is 2. The van der Waals surface area contributed by atoms with Crippen LogP contribution in [0.3, 0.4) is 0 Å². The summed E-state index contributed by atoms with van der Waals surface area (Å²) in [5.41, 5.74) is 1.54. The molecular weight excluding hydrogens is 328 g/mol. The van der Waals surface area contributed by atoms with Gasteiger partial charge in [0.25, 0.3) is 5.91 Å². The minimum absolute atomic E-state index is 0.00226. The zero-order valence-corrected chi connectivity index (χ0v) is 15.1. The van der Waals surface area contributed by atoms with Gasteiger partial charge in [-0.05, 0) is 25.2 Å². The van der Waals surface area contributed by atoms with Gasteiger partial charge < -0.3 is 14.2 Å². The van der Waals surface area contributed by atoms with Gasteiger partial charge in [0.2, 0.25) is 5.91 Å². The zero-order valence-electron chi connectivity index (χ0n) is 15.1. The molecule has 0 bridgehead atoms. The van der Waals surface area contributed by atoms with Gasteiger partial charge in [0.15, 0.2) is 5.76 Å². The van der Waals surface area contributed by atoms with E-state index < -0.39 is 0 Å². The number of hydrogen-bond donors (Lipinski definition) is 0. The molecule has 2 aromatic carbocycles. The minimum atomic E-state index is -0.254. The van der Waals surface area contributed by atoms with E-state index in [9.17, 15) is 9.59 Å². The second-order valence-electron chi connectivity index (χ2n) is 6.97. The van der Waals surface area contributed by atoms with Crippen LogP contribution in [0.15, 0.2) is 40.8 Å². The molecule has 0 N–H and O–H groups in total. The Hall–Kier alpha value is -2.82. The van der Waals surface area contributed by atoms with Gasteiger partial charge in [-0.25, -0.2) is 0 Å². The number of aryl methyl sites for hydroxylation is 1. The van der Waals surface area contributed by atoms with Crippen LogP contribution in [0.5, 0.6) is 0 Å². The lowest BCUT2D eigenvalue weighted by molar-refractivity contribution is -0.130. The number of hydrogen-bond acceptors (Lipinski definition) is 3. The molecule has 0 saturated carbocycles.